The van der Waals surface area contributed by atoms with Gasteiger partial charge in [0.2, 0.25) is 0 Å². The van der Waals surface area contributed by atoms with Gasteiger partial charge in [0.05, 0.1) is 13.2 Å². The van der Waals surface area contributed by atoms with Crippen LogP contribution in [0.3, 0.4) is 0 Å². The van der Waals surface area contributed by atoms with E-state index >= 15 is 0 Å². The molecule has 3 heteroatoms. The topological polar surface area (TPSA) is 38.7 Å². The zero-order chi connectivity index (χ0) is 8.85. The van der Waals surface area contributed by atoms with Crippen LogP contribution in [0.5, 0.6) is 0 Å². The minimum absolute atomic E-state index is 0.132. The maximum absolute atomic E-state index is 10.1. The first-order chi connectivity index (χ1) is 5.11. The molecule has 0 saturated carbocycles. The molecule has 1 unspecified atom stereocenters. The van der Waals surface area contributed by atoms with Gasteiger partial charge >= 0.3 is 0 Å². The Kier molecular flexibility index (Phi) is 4.23. The van der Waals surface area contributed by atoms with Gasteiger partial charge in [-0.25, -0.2) is 9.79 Å². The number of hydrogen-bond donors (Lipinski definition) is 0. The molecule has 0 fully saturated rings. The largest absolute Gasteiger partial charge is 0.484 e. The molecule has 0 aromatic rings. The lowest BCUT2D eigenvalue weighted by Crippen LogP contribution is -2.05. The van der Waals surface area contributed by atoms with E-state index in [4.69, 9.17) is 4.74 Å². The van der Waals surface area contributed by atoms with E-state index < -0.39 is 0 Å². The minimum atomic E-state index is -0.132. The standard InChI is InChI=1S/C8H13NO2/c1-6(5-10)7(2)9-8(3)11-4/h7H,1-4H3. The third-order valence-electron chi connectivity index (χ3n) is 1.46. The summed E-state index contributed by atoms with van der Waals surface area (Å²) in [5, 5.41) is 0. The van der Waals surface area contributed by atoms with Gasteiger partial charge in [0.25, 0.3) is 0 Å². The van der Waals surface area contributed by atoms with Crippen LogP contribution < -0.4 is 0 Å². The van der Waals surface area contributed by atoms with Crippen LogP contribution >= 0.6 is 0 Å². The summed E-state index contributed by atoms with van der Waals surface area (Å²) in [7, 11) is 1.55. The van der Waals surface area contributed by atoms with Gasteiger partial charge in [0.1, 0.15) is 5.94 Å². The van der Waals surface area contributed by atoms with E-state index in [2.05, 4.69) is 4.99 Å². The molecule has 0 amide bonds. The lowest BCUT2D eigenvalue weighted by atomic mass is 10.2. The number of carbonyl (C=O) groups excluding carboxylic acids is 1. The van der Waals surface area contributed by atoms with Crippen molar-refractivity contribution in [1.82, 2.24) is 0 Å². The second-order valence-electron chi connectivity index (χ2n) is 2.31. The SMILES string of the molecule is COC(C)=NC(C)C(C)=C=O. The lowest BCUT2D eigenvalue weighted by molar-refractivity contribution is 0.396. The molecule has 0 saturated heterocycles. The lowest BCUT2D eigenvalue weighted by Gasteiger charge is -2.04. The molecule has 0 N–H and O–H groups in total. The summed E-state index contributed by atoms with van der Waals surface area (Å²) in [4.78, 5) is 14.2. The molecule has 0 aromatic heterocycles. The average molecular weight is 155 g/mol. The molecule has 1 atom stereocenters. The second-order valence-corrected chi connectivity index (χ2v) is 2.31. The fraction of sp³-hybridized carbons (Fsp3) is 0.625. The van der Waals surface area contributed by atoms with Gasteiger partial charge in [0.15, 0.2) is 5.90 Å². The van der Waals surface area contributed by atoms with Crippen molar-refractivity contribution in [3.63, 3.8) is 0 Å². The van der Waals surface area contributed by atoms with E-state index in [9.17, 15) is 4.79 Å². The van der Waals surface area contributed by atoms with E-state index in [0.717, 1.165) is 0 Å². The fourth-order valence-corrected chi connectivity index (χ4v) is 0.508. The van der Waals surface area contributed by atoms with E-state index in [1.807, 2.05) is 6.92 Å². The Morgan fingerprint density at radius 3 is 2.45 bits per heavy atom. The van der Waals surface area contributed by atoms with Gasteiger partial charge in [-0.05, 0) is 13.8 Å². The predicted octanol–water partition coefficient (Wildman–Crippen LogP) is 1.22. The molecule has 0 aliphatic heterocycles. The molecule has 0 rings (SSSR count). The van der Waals surface area contributed by atoms with Gasteiger partial charge in [-0.1, -0.05) is 0 Å². The molecular formula is C8H13NO2. The Labute approximate surface area is 66.8 Å². The molecule has 11 heavy (non-hydrogen) atoms. The zero-order valence-electron chi connectivity index (χ0n) is 7.34. The average Bonchev–Trinajstić information content (AvgIpc) is 2.02. The molecular weight excluding hydrogens is 142 g/mol. The van der Waals surface area contributed by atoms with Gasteiger partial charge in [-0.2, -0.15) is 0 Å². The van der Waals surface area contributed by atoms with Gasteiger partial charge in [-0.15, -0.1) is 0 Å². The Morgan fingerprint density at radius 1 is 1.55 bits per heavy atom. The summed E-state index contributed by atoms with van der Waals surface area (Å²) in [6, 6.07) is -0.132. The molecule has 0 aromatic carbocycles. The third kappa shape index (κ3) is 3.58. The molecule has 0 bridgehead atoms. The zero-order valence-corrected chi connectivity index (χ0v) is 7.34. The smallest absolute Gasteiger partial charge is 0.180 e. The number of rotatable bonds is 2. The molecule has 3 nitrogen and oxygen atoms in total. The molecule has 62 valence electrons. The fourth-order valence-electron chi connectivity index (χ4n) is 0.508. The van der Waals surface area contributed by atoms with Crippen molar-refractivity contribution in [1.29, 1.82) is 0 Å². The summed E-state index contributed by atoms with van der Waals surface area (Å²) < 4.78 is 4.82. The first-order valence-corrected chi connectivity index (χ1v) is 3.41. The Balaban J connectivity index is 4.28. The minimum Gasteiger partial charge on any atom is -0.484 e. The molecule has 0 aliphatic rings. The van der Waals surface area contributed by atoms with E-state index in [-0.39, 0.29) is 6.04 Å². The quantitative estimate of drug-likeness (QED) is 0.341. The van der Waals surface area contributed by atoms with Crippen molar-refractivity contribution in [2.75, 3.05) is 7.11 Å². The van der Waals surface area contributed by atoms with Crippen molar-refractivity contribution < 1.29 is 9.53 Å². The molecule has 0 aliphatic carbocycles. The highest BCUT2D eigenvalue weighted by Crippen LogP contribution is 2.01. The summed E-state index contributed by atoms with van der Waals surface area (Å²) in [5.74, 6) is 2.37. The van der Waals surface area contributed by atoms with Crippen LogP contribution in [0.4, 0.5) is 0 Å². The highest BCUT2D eigenvalue weighted by molar-refractivity contribution is 5.73. The third-order valence-corrected chi connectivity index (χ3v) is 1.46. The Bertz CT molecular complexity index is 202. The number of hydrogen-bond acceptors (Lipinski definition) is 3. The van der Waals surface area contributed by atoms with Gasteiger partial charge in [0, 0.05) is 12.5 Å². The van der Waals surface area contributed by atoms with E-state index in [1.165, 1.54) is 0 Å². The molecule has 0 heterocycles. The van der Waals surface area contributed by atoms with Crippen LogP contribution in [0.25, 0.3) is 0 Å². The van der Waals surface area contributed by atoms with Crippen LogP contribution in [-0.4, -0.2) is 25.0 Å². The summed E-state index contributed by atoms with van der Waals surface area (Å²) in [6.07, 6.45) is 0. The van der Waals surface area contributed by atoms with Crippen molar-refractivity contribution >= 4 is 11.8 Å². The first-order valence-electron chi connectivity index (χ1n) is 3.41. The highest BCUT2D eigenvalue weighted by Gasteiger charge is 2.02. The summed E-state index contributed by atoms with van der Waals surface area (Å²) >= 11 is 0. The molecule has 0 radical (unpaired) electrons. The van der Waals surface area contributed by atoms with Crippen LogP contribution in [-0.2, 0) is 9.53 Å². The first kappa shape index (κ1) is 9.92. The van der Waals surface area contributed by atoms with Gasteiger partial charge in [-0.3, -0.25) is 0 Å². The maximum atomic E-state index is 10.1. The van der Waals surface area contributed by atoms with Crippen molar-refractivity contribution in [2.45, 2.75) is 26.8 Å². The maximum Gasteiger partial charge on any atom is 0.180 e. The number of aliphatic imine (C=N–C) groups is 1. The monoisotopic (exact) mass is 155 g/mol. The van der Waals surface area contributed by atoms with Gasteiger partial charge < -0.3 is 4.74 Å². The summed E-state index contributed by atoms with van der Waals surface area (Å²) in [5.41, 5.74) is 0.585. The van der Waals surface area contributed by atoms with Crippen LogP contribution in [0.2, 0.25) is 0 Å². The number of ether oxygens (including phenoxy) is 1. The normalized spacial score (nSPS) is 13.6. The van der Waals surface area contributed by atoms with Crippen molar-refractivity contribution in [3.05, 3.63) is 5.57 Å². The van der Waals surface area contributed by atoms with Crippen LogP contribution in [0.1, 0.15) is 20.8 Å². The Morgan fingerprint density at radius 2 is 2.09 bits per heavy atom. The van der Waals surface area contributed by atoms with E-state index in [1.54, 1.807) is 26.9 Å². The van der Waals surface area contributed by atoms with E-state index in [0.29, 0.717) is 11.5 Å². The Hall–Kier alpha value is -1.08. The summed E-state index contributed by atoms with van der Waals surface area (Å²) in [6.45, 7) is 5.27. The predicted molar refractivity (Wildman–Crippen MR) is 44.5 cm³/mol. The number of nitrogens with zero attached hydrogens (tertiary/aromatic N) is 1. The van der Waals surface area contributed by atoms with Crippen molar-refractivity contribution in [3.8, 4) is 0 Å². The second kappa shape index (κ2) is 4.69. The van der Waals surface area contributed by atoms with Crippen LogP contribution in [0.15, 0.2) is 10.6 Å². The molecule has 0 spiro atoms. The number of methoxy groups -OCH3 is 1. The van der Waals surface area contributed by atoms with Crippen molar-refractivity contribution in [2.24, 2.45) is 4.99 Å². The highest BCUT2D eigenvalue weighted by atomic mass is 16.5. The van der Waals surface area contributed by atoms with Crippen LogP contribution in [0, 0.1) is 0 Å².